The summed E-state index contributed by atoms with van der Waals surface area (Å²) in [5.41, 5.74) is 0.861. The van der Waals surface area contributed by atoms with Gasteiger partial charge in [-0.1, -0.05) is 19.1 Å². The fraction of sp³-hybridized carbons (Fsp3) is 0.583. The fourth-order valence-corrected chi connectivity index (χ4v) is 2.18. The lowest BCUT2D eigenvalue weighted by molar-refractivity contribution is -0.184. The average Bonchev–Trinajstić information content (AvgIpc) is 2.49. The second kappa shape index (κ2) is 4.25. The molecule has 0 aromatic rings. The van der Waals surface area contributed by atoms with Crippen molar-refractivity contribution in [2.45, 2.75) is 38.3 Å². The van der Waals surface area contributed by atoms with Gasteiger partial charge < -0.3 is 20.1 Å². The van der Waals surface area contributed by atoms with Crippen molar-refractivity contribution in [3.05, 3.63) is 23.3 Å². The number of carbonyl (C=O) groups excluding carboxylic acids is 1. The SMILES string of the molecule is CC1C=C2C(=O)OC(O)(CCC(O)O)C2=CC1. The number of aliphatic hydroxyl groups is 3. The van der Waals surface area contributed by atoms with Crippen LogP contribution in [0.2, 0.25) is 0 Å². The van der Waals surface area contributed by atoms with Crippen LogP contribution >= 0.6 is 0 Å². The van der Waals surface area contributed by atoms with Gasteiger partial charge in [0.15, 0.2) is 6.29 Å². The molecule has 0 amide bonds. The van der Waals surface area contributed by atoms with E-state index in [1.807, 2.05) is 6.92 Å². The zero-order valence-electron chi connectivity index (χ0n) is 9.59. The smallest absolute Gasteiger partial charge is 0.341 e. The van der Waals surface area contributed by atoms with Crippen LogP contribution in [-0.2, 0) is 9.53 Å². The van der Waals surface area contributed by atoms with Gasteiger partial charge in [-0.05, 0) is 12.3 Å². The Balaban J connectivity index is 2.22. The van der Waals surface area contributed by atoms with Crippen LogP contribution in [0.4, 0.5) is 0 Å². The molecule has 1 heterocycles. The third-order valence-corrected chi connectivity index (χ3v) is 3.08. The topological polar surface area (TPSA) is 87.0 Å². The van der Waals surface area contributed by atoms with E-state index in [0.717, 1.165) is 6.42 Å². The van der Waals surface area contributed by atoms with Crippen LogP contribution < -0.4 is 0 Å². The summed E-state index contributed by atoms with van der Waals surface area (Å²) < 4.78 is 4.95. The summed E-state index contributed by atoms with van der Waals surface area (Å²) in [4.78, 5) is 11.6. The van der Waals surface area contributed by atoms with Gasteiger partial charge in [0.25, 0.3) is 0 Å². The molecule has 2 rings (SSSR count). The van der Waals surface area contributed by atoms with E-state index in [1.54, 1.807) is 12.2 Å². The second-order valence-electron chi connectivity index (χ2n) is 4.60. The lowest BCUT2D eigenvalue weighted by Gasteiger charge is -2.24. The summed E-state index contributed by atoms with van der Waals surface area (Å²) in [6, 6.07) is 0. The average molecular weight is 240 g/mol. The largest absolute Gasteiger partial charge is 0.425 e. The van der Waals surface area contributed by atoms with Gasteiger partial charge in [-0.2, -0.15) is 0 Å². The number of fused-ring (bicyclic) bond motifs is 1. The number of aliphatic hydroxyl groups excluding tert-OH is 1. The highest BCUT2D eigenvalue weighted by Gasteiger charge is 2.47. The van der Waals surface area contributed by atoms with Crippen molar-refractivity contribution in [2.24, 2.45) is 5.92 Å². The zero-order valence-corrected chi connectivity index (χ0v) is 9.59. The maximum absolute atomic E-state index is 11.6. The molecule has 1 saturated heterocycles. The third-order valence-electron chi connectivity index (χ3n) is 3.08. The van der Waals surface area contributed by atoms with Gasteiger partial charge in [0.2, 0.25) is 5.79 Å². The van der Waals surface area contributed by atoms with Crippen molar-refractivity contribution in [2.75, 3.05) is 0 Å². The predicted octanol–water partition coefficient (Wildman–Crippen LogP) is 0.215. The molecule has 1 fully saturated rings. The summed E-state index contributed by atoms with van der Waals surface area (Å²) >= 11 is 0. The van der Waals surface area contributed by atoms with E-state index in [9.17, 15) is 9.90 Å². The van der Waals surface area contributed by atoms with E-state index in [0.29, 0.717) is 11.1 Å². The number of rotatable bonds is 3. The van der Waals surface area contributed by atoms with Crippen LogP contribution in [0.1, 0.15) is 26.2 Å². The second-order valence-corrected chi connectivity index (χ2v) is 4.60. The molecule has 3 N–H and O–H groups in total. The van der Waals surface area contributed by atoms with Crippen LogP contribution in [0.15, 0.2) is 23.3 Å². The number of ether oxygens (including phenoxy) is 1. The van der Waals surface area contributed by atoms with Crippen LogP contribution in [0.25, 0.3) is 0 Å². The Morgan fingerprint density at radius 1 is 1.59 bits per heavy atom. The van der Waals surface area contributed by atoms with Gasteiger partial charge in [-0.15, -0.1) is 0 Å². The Hall–Kier alpha value is -1.17. The third kappa shape index (κ3) is 2.26. The number of carbonyl (C=O) groups is 1. The fourth-order valence-electron chi connectivity index (χ4n) is 2.18. The van der Waals surface area contributed by atoms with Gasteiger partial charge in [0, 0.05) is 18.4 Å². The van der Waals surface area contributed by atoms with Crippen molar-refractivity contribution in [1.29, 1.82) is 0 Å². The van der Waals surface area contributed by atoms with Crippen molar-refractivity contribution in [1.82, 2.24) is 0 Å². The van der Waals surface area contributed by atoms with Crippen LogP contribution in [0, 0.1) is 5.92 Å². The predicted molar refractivity (Wildman–Crippen MR) is 58.4 cm³/mol. The van der Waals surface area contributed by atoms with Crippen molar-refractivity contribution in [3.63, 3.8) is 0 Å². The highest BCUT2D eigenvalue weighted by Crippen LogP contribution is 2.41. The van der Waals surface area contributed by atoms with E-state index in [-0.39, 0.29) is 18.8 Å². The summed E-state index contributed by atoms with van der Waals surface area (Å²) in [5.74, 6) is -2.00. The Bertz CT molecular complexity index is 396. The molecular formula is C12H16O5. The Morgan fingerprint density at radius 2 is 2.29 bits per heavy atom. The van der Waals surface area contributed by atoms with Gasteiger partial charge >= 0.3 is 5.97 Å². The first-order valence-corrected chi connectivity index (χ1v) is 5.67. The van der Waals surface area contributed by atoms with E-state index in [4.69, 9.17) is 14.9 Å². The van der Waals surface area contributed by atoms with E-state index < -0.39 is 18.0 Å². The maximum Gasteiger partial charge on any atom is 0.341 e. The molecule has 2 atom stereocenters. The first-order chi connectivity index (χ1) is 7.92. The number of esters is 1. The normalized spacial score (nSPS) is 32.1. The quantitative estimate of drug-likeness (QED) is 0.485. The lowest BCUT2D eigenvalue weighted by Crippen LogP contribution is -2.31. The number of hydrogen-bond donors (Lipinski definition) is 3. The highest BCUT2D eigenvalue weighted by atomic mass is 16.7. The number of allylic oxidation sites excluding steroid dienone is 2. The lowest BCUT2D eigenvalue weighted by atomic mass is 9.87. The highest BCUT2D eigenvalue weighted by molar-refractivity contribution is 5.98. The molecule has 2 unspecified atom stereocenters. The zero-order chi connectivity index (χ0) is 12.6. The number of hydrogen-bond acceptors (Lipinski definition) is 5. The summed E-state index contributed by atoms with van der Waals surface area (Å²) in [5, 5.41) is 27.8. The molecule has 94 valence electrons. The summed E-state index contributed by atoms with van der Waals surface area (Å²) in [7, 11) is 0. The van der Waals surface area contributed by atoms with Crippen LogP contribution in [-0.4, -0.2) is 33.4 Å². The monoisotopic (exact) mass is 240 g/mol. The number of cyclic esters (lactones) is 1. The van der Waals surface area contributed by atoms with Gasteiger partial charge in [0.1, 0.15) is 0 Å². The first kappa shape index (κ1) is 12.3. The minimum absolute atomic E-state index is 0.0199. The van der Waals surface area contributed by atoms with Crippen molar-refractivity contribution in [3.8, 4) is 0 Å². The molecule has 0 radical (unpaired) electrons. The molecular weight excluding hydrogens is 224 g/mol. The van der Waals surface area contributed by atoms with Crippen molar-refractivity contribution >= 4 is 5.97 Å². The maximum atomic E-state index is 11.6. The van der Waals surface area contributed by atoms with Gasteiger partial charge in [-0.25, -0.2) is 4.79 Å². The molecule has 0 bridgehead atoms. The Morgan fingerprint density at radius 3 is 2.94 bits per heavy atom. The molecule has 17 heavy (non-hydrogen) atoms. The molecule has 0 spiro atoms. The van der Waals surface area contributed by atoms with E-state index >= 15 is 0 Å². The molecule has 0 aromatic carbocycles. The minimum atomic E-state index is -1.70. The van der Waals surface area contributed by atoms with Crippen LogP contribution in [0.5, 0.6) is 0 Å². The van der Waals surface area contributed by atoms with Crippen LogP contribution in [0.3, 0.4) is 0 Å². The van der Waals surface area contributed by atoms with E-state index in [1.165, 1.54) is 0 Å². The molecule has 5 nitrogen and oxygen atoms in total. The molecule has 5 heteroatoms. The molecule has 2 aliphatic rings. The summed E-state index contributed by atoms with van der Waals surface area (Å²) in [6.07, 6.45) is 2.71. The van der Waals surface area contributed by atoms with E-state index in [2.05, 4.69) is 0 Å². The molecule has 1 aliphatic heterocycles. The Labute approximate surface area is 99.0 Å². The molecule has 0 aromatic heterocycles. The van der Waals surface area contributed by atoms with Gasteiger partial charge in [-0.3, -0.25) is 0 Å². The molecule has 0 saturated carbocycles. The standard InChI is InChI=1S/C12H16O5/c1-7-2-3-9-8(6-7)11(15)17-12(9,16)5-4-10(13)14/h3,6-7,10,13-14,16H,2,4-5H2,1H3. The first-order valence-electron chi connectivity index (χ1n) is 5.67. The minimum Gasteiger partial charge on any atom is -0.425 e. The van der Waals surface area contributed by atoms with Gasteiger partial charge in [0.05, 0.1) is 5.57 Å². The van der Waals surface area contributed by atoms with Crippen molar-refractivity contribution < 1.29 is 24.9 Å². The Kier molecular flexibility index (Phi) is 3.07. The molecule has 1 aliphatic carbocycles. The summed E-state index contributed by atoms with van der Waals surface area (Å²) in [6.45, 7) is 1.97.